The van der Waals surface area contributed by atoms with Crippen LogP contribution in [0.1, 0.15) is 19.4 Å². The average Bonchev–Trinajstić information content (AvgIpc) is 2.16. The monoisotopic (exact) mass is 222 g/mol. The van der Waals surface area contributed by atoms with Crippen LogP contribution < -0.4 is 10.6 Å². The molecule has 1 aromatic carbocycles. The third-order valence-electron chi connectivity index (χ3n) is 2.19. The van der Waals surface area contributed by atoms with Crippen molar-refractivity contribution in [1.29, 1.82) is 0 Å². The Labute approximate surface area is 94.9 Å². The molecule has 4 heteroatoms. The van der Waals surface area contributed by atoms with Gasteiger partial charge >= 0.3 is 0 Å². The van der Waals surface area contributed by atoms with Gasteiger partial charge in [0.1, 0.15) is 4.87 Å². The van der Waals surface area contributed by atoms with Crippen molar-refractivity contribution < 1.29 is 4.84 Å². The van der Waals surface area contributed by atoms with E-state index in [0.29, 0.717) is 5.70 Å². The first-order valence-electron chi connectivity index (χ1n) is 4.75. The zero-order valence-corrected chi connectivity index (χ0v) is 9.66. The minimum atomic E-state index is -0.405. The second-order valence-corrected chi connectivity index (χ2v) is 5.09. The van der Waals surface area contributed by atoms with Gasteiger partial charge in [-0.15, -0.1) is 12.6 Å². The van der Waals surface area contributed by atoms with Crippen LogP contribution in [0.25, 0.3) is 5.70 Å². The Bertz CT molecular complexity index is 409. The molecule has 1 aliphatic rings. The molecule has 0 amide bonds. The molecule has 80 valence electrons. The van der Waals surface area contributed by atoms with Gasteiger partial charge in [0, 0.05) is 5.56 Å². The normalized spacial score (nSPS) is 15.4. The Morgan fingerprint density at radius 1 is 1.33 bits per heavy atom. The summed E-state index contributed by atoms with van der Waals surface area (Å²) in [7, 11) is 0. The predicted octanol–water partition coefficient (Wildman–Crippen LogP) is 2.22. The zero-order valence-electron chi connectivity index (χ0n) is 8.77. The lowest BCUT2D eigenvalue weighted by Crippen LogP contribution is -2.40. The van der Waals surface area contributed by atoms with Gasteiger partial charge in [-0.1, -0.05) is 12.1 Å². The number of nitrogens with zero attached hydrogens (tertiary/aromatic N) is 1. The molecule has 0 atom stereocenters. The van der Waals surface area contributed by atoms with E-state index in [0.717, 1.165) is 11.3 Å². The molecule has 0 saturated heterocycles. The number of nitrogens with two attached hydrogens (primary N) is 1. The highest BCUT2D eigenvalue weighted by atomic mass is 32.1. The molecular weight excluding hydrogens is 208 g/mol. The molecular formula is C11H14N2OS. The molecule has 0 radical (unpaired) electrons. The molecule has 0 saturated carbocycles. The maximum absolute atomic E-state index is 5.94. The van der Waals surface area contributed by atoms with Gasteiger partial charge in [-0.3, -0.25) is 0 Å². The summed E-state index contributed by atoms with van der Waals surface area (Å²) in [5, 5.41) is 1.65. The van der Waals surface area contributed by atoms with Crippen molar-refractivity contribution in [3.63, 3.8) is 0 Å². The van der Waals surface area contributed by atoms with Crippen LogP contribution in [0.2, 0.25) is 0 Å². The number of fused-ring (bicyclic) bond motifs is 1. The van der Waals surface area contributed by atoms with Crippen LogP contribution in [-0.2, 0) is 0 Å². The van der Waals surface area contributed by atoms with Gasteiger partial charge < -0.3 is 10.6 Å². The van der Waals surface area contributed by atoms with Gasteiger partial charge in [-0.25, -0.2) is 0 Å². The summed E-state index contributed by atoms with van der Waals surface area (Å²) in [5.74, 6) is 0.764. The van der Waals surface area contributed by atoms with Crippen LogP contribution in [-0.4, -0.2) is 9.93 Å². The summed E-state index contributed by atoms with van der Waals surface area (Å²) in [6.07, 6.45) is 1.76. The van der Waals surface area contributed by atoms with Gasteiger partial charge in [-0.2, -0.15) is 5.06 Å². The van der Waals surface area contributed by atoms with E-state index in [9.17, 15) is 0 Å². The Morgan fingerprint density at radius 2 is 2.00 bits per heavy atom. The molecule has 1 aromatic rings. The molecule has 15 heavy (non-hydrogen) atoms. The summed E-state index contributed by atoms with van der Waals surface area (Å²) in [6.45, 7) is 3.88. The topological polar surface area (TPSA) is 38.5 Å². The lowest BCUT2D eigenvalue weighted by molar-refractivity contribution is -0.0514. The largest absolute Gasteiger partial charge is 0.397 e. The SMILES string of the molecule is CC(C)(S)N1C=C(N)c2ccccc2O1. The summed E-state index contributed by atoms with van der Waals surface area (Å²) < 4.78 is 0. The van der Waals surface area contributed by atoms with Gasteiger partial charge in [0.25, 0.3) is 0 Å². The molecule has 3 nitrogen and oxygen atoms in total. The lowest BCUT2D eigenvalue weighted by Gasteiger charge is -2.35. The molecule has 1 heterocycles. The van der Waals surface area contributed by atoms with E-state index in [1.807, 2.05) is 38.1 Å². The second kappa shape index (κ2) is 3.38. The van der Waals surface area contributed by atoms with Gasteiger partial charge in [-0.05, 0) is 26.0 Å². The number of rotatable bonds is 1. The number of thiol groups is 1. The smallest absolute Gasteiger partial charge is 0.164 e. The van der Waals surface area contributed by atoms with Crippen LogP contribution in [0, 0.1) is 0 Å². The van der Waals surface area contributed by atoms with Crippen LogP contribution in [0.15, 0.2) is 30.5 Å². The molecule has 0 fully saturated rings. The Morgan fingerprint density at radius 3 is 2.67 bits per heavy atom. The molecule has 2 rings (SSSR count). The second-order valence-electron chi connectivity index (χ2n) is 3.99. The highest BCUT2D eigenvalue weighted by Crippen LogP contribution is 2.32. The Kier molecular flexibility index (Phi) is 2.31. The summed E-state index contributed by atoms with van der Waals surface area (Å²) in [5.41, 5.74) is 7.55. The number of hydrogen-bond donors (Lipinski definition) is 2. The molecule has 2 N–H and O–H groups in total. The average molecular weight is 222 g/mol. The van der Waals surface area contributed by atoms with E-state index in [-0.39, 0.29) is 0 Å². The highest BCUT2D eigenvalue weighted by molar-refractivity contribution is 7.81. The van der Waals surface area contributed by atoms with Crippen molar-refractivity contribution in [2.75, 3.05) is 0 Å². The highest BCUT2D eigenvalue weighted by Gasteiger charge is 2.26. The third kappa shape index (κ3) is 1.90. The lowest BCUT2D eigenvalue weighted by atomic mass is 10.1. The fourth-order valence-electron chi connectivity index (χ4n) is 1.38. The van der Waals surface area contributed by atoms with E-state index in [4.69, 9.17) is 10.6 Å². The Balaban J connectivity index is 2.41. The minimum absolute atomic E-state index is 0.405. The van der Waals surface area contributed by atoms with Crippen molar-refractivity contribution in [1.82, 2.24) is 5.06 Å². The quantitative estimate of drug-likeness (QED) is 0.716. The molecule has 0 aromatic heterocycles. The first-order chi connectivity index (χ1) is 6.98. The number of hydroxylamine groups is 2. The van der Waals surface area contributed by atoms with Crippen LogP contribution >= 0.6 is 12.6 Å². The van der Waals surface area contributed by atoms with E-state index in [2.05, 4.69) is 12.6 Å². The van der Waals surface area contributed by atoms with Gasteiger partial charge in [0.15, 0.2) is 5.75 Å². The van der Waals surface area contributed by atoms with Crippen molar-refractivity contribution in [3.8, 4) is 5.75 Å². The fraction of sp³-hybridized carbons (Fsp3) is 0.273. The fourth-order valence-corrected chi connectivity index (χ4v) is 1.48. The van der Waals surface area contributed by atoms with Crippen LogP contribution in [0.3, 0.4) is 0 Å². The van der Waals surface area contributed by atoms with Crippen LogP contribution in [0.5, 0.6) is 5.75 Å². The standard InChI is InChI=1S/C11H14N2OS/c1-11(2,15)13-7-9(12)8-5-3-4-6-10(8)14-13/h3-7,15H,12H2,1-2H3. The predicted molar refractivity (Wildman–Crippen MR) is 64.1 cm³/mol. The van der Waals surface area contributed by atoms with Crippen molar-refractivity contribution >= 4 is 18.3 Å². The van der Waals surface area contributed by atoms with Crippen molar-refractivity contribution in [3.05, 3.63) is 36.0 Å². The van der Waals surface area contributed by atoms with Gasteiger partial charge in [0.2, 0.25) is 0 Å². The number of benzene rings is 1. The minimum Gasteiger partial charge on any atom is -0.397 e. The van der Waals surface area contributed by atoms with Gasteiger partial charge in [0.05, 0.1) is 11.9 Å². The first kappa shape index (κ1) is 10.2. The summed E-state index contributed by atoms with van der Waals surface area (Å²) >= 11 is 4.43. The van der Waals surface area contributed by atoms with Crippen molar-refractivity contribution in [2.45, 2.75) is 18.7 Å². The maximum Gasteiger partial charge on any atom is 0.164 e. The molecule has 1 aliphatic heterocycles. The first-order valence-corrected chi connectivity index (χ1v) is 5.19. The number of hydrogen-bond acceptors (Lipinski definition) is 4. The third-order valence-corrected chi connectivity index (χ3v) is 2.39. The molecule has 0 bridgehead atoms. The number of para-hydroxylation sites is 1. The van der Waals surface area contributed by atoms with E-state index < -0.39 is 4.87 Å². The van der Waals surface area contributed by atoms with E-state index in [1.54, 1.807) is 11.3 Å². The van der Waals surface area contributed by atoms with Crippen molar-refractivity contribution in [2.24, 2.45) is 5.73 Å². The van der Waals surface area contributed by atoms with Crippen LogP contribution in [0.4, 0.5) is 0 Å². The maximum atomic E-state index is 5.94. The molecule has 0 unspecified atom stereocenters. The Hall–Kier alpha value is -1.29. The zero-order chi connectivity index (χ0) is 11.1. The van der Waals surface area contributed by atoms with E-state index in [1.165, 1.54) is 0 Å². The summed E-state index contributed by atoms with van der Waals surface area (Å²) in [4.78, 5) is 5.26. The molecule has 0 aliphatic carbocycles. The van der Waals surface area contributed by atoms with E-state index >= 15 is 0 Å². The summed E-state index contributed by atoms with van der Waals surface area (Å²) in [6, 6.07) is 7.68. The molecule has 0 spiro atoms.